The van der Waals surface area contributed by atoms with Crippen LogP contribution < -0.4 is 0 Å². The number of rotatable bonds is 0. The SMILES string of the molecule is Cc1cc(C)c2op(C)oc3c(C)cc(C)cc3c2c1. The maximum absolute atomic E-state index is 6.06. The Balaban J connectivity index is 2.70. The van der Waals surface area contributed by atoms with Gasteiger partial charge in [-0.3, -0.25) is 0 Å². The van der Waals surface area contributed by atoms with Gasteiger partial charge in [0.05, 0.1) is 0 Å². The third-order valence-corrected chi connectivity index (χ3v) is 4.45. The van der Waals surface area contributed by atoms with Gasteiger partial charge < -0.3 is 8.39 Å². The quantitative estimate of drug-likeness (QED) is 0.502. The Morgan fingerprint density at radius 3 is 1.50 bits per heavy atom. The summed E-state index contributed by atoms with van der Waals surface area (Å²) in [6, 6.07) is 8.71. The Morgan fingerprint density at radius 1 is 0.700 bits per heavy atom. The van der Waals surface area contributed by atoms with E-state index in [-0.39, 0.29) is 0 Å². The minimum absolute atomic E-state index is 0.943. The molecule has 0 N–H and O–H groups in total. The molecule has 3 aromatic rings. The lowest BCUT2D eigenvalue weighted by Gasteiger charge is -2.03. The molecule has 1 heterocycles. The zero-order chi connectivity index (χ0) is 14.4. The summed E-state index contributed by atoms with van der Waals surface area (Å²) in [5.41, 5.74) is 6.77. The fourth-order valence-electron chi connectivity index (χ4n) is 2.83. The van der Waals surface area contributed by atoms with Crippen molar-refractivity contribution in [3.8, 4) is 0 Å². The molecule has 0 saturated heterocycles. The molecular weight excluding hydrogens is 267 g/mol. The van der Waals surface area contributed by atoms with Crippen LogP contribution in [-0.4, -0.2) is 0 Å². The minimum Gasteiger partial charge on any atom is -0.419 e. The highest BCUT2D eigenvalue weighted by Crippen LogP contribution is 2.36. The normalized spacial score (nSPS) is 11.2. The van der Waals surface area contributed by atoms with Crippen molar-refractivity contribution in [2.45, 2.75) is 27.7 Å². The Labute approximate surface area is 120 Å². The summed E-state index contributed by atoms with van der Waals surface area (Å²) in [7, 11) is -0.943. The lowest BCUT2D eigenvalue weighted by Crippen LogP contribution is -1.83. The summed E-state index contributed by atoms with van der Waals surface area (Å²) < 4.78 is 12.1. The van der Waals surface area contributed by atoms with E-state index in [2.05, 4.69) is 52.0 Å². The van der Waals surface area contributed by atoms with Gasteiger partial charge in [0.15, 0.2) is 0 Å². The predicted molar refractivity (Wildman–Crippen MR) is 86.3 cm³/mol. The molecule has 0 spiro atoms. The van der Waals surface area contributed by atoms with Crippen molar-refractivity contribution in [2.24, 2.45) is 6.66 Å². The molecule has 2 aromatic carbocycles. The van der Waals surface area contributed by atoms with Crippen LogP contribution in [0, 0.1) is 27.7 Å². The molecule has 0 bridgehead atoms. The first-order chi connectivity index (χ1) is 9.45. The van der Waals surface area contributed by atoms with Gasteiger partial charge in [-0.05, 0) is 62.1 Å². The molecule has 3 rings (SSSR count). The molecule has 0 atom stereocenters. The molecule has 2 nitrogen and oxygen atoms in total. The van der Waals surface area contributed by atoms with Gasteiger partial charge in [-0.2, -0.15) is 0 Å². The van der Waals surface area contributed by atoms with Crippen molar-refractivity contribution in [1.82, 2.24) is 0 Å². The lowest BCUT2D eigenvalue weighted by molar-refractivity contribution is 0.641. The summed E-state index contributed by atoms with van der Waals surface area (Å²) in [6.45, 7) is 10.4. The van der Waals surface area contributed by atoms with Gasteiger partial charge in [0, 0.05) is 17.4 Å². The fourth-order valence-corrected chi connectivity index (χ4v) is 3.86. The van der Waals surface area contributed by atoms with Gasteiger partial charge in [-0.15, -0.1) is 0 Å². The summed E-state index contributed by atoms with van der Waals surface area (Å²) in [5.74, 6) is 0. The van der Waals surface area contributed by atoms with Crippen molar-refractivity contribution in [2.75, 3.05) is 0 Å². The number of benzene rings is 2. The topological polar surface area (TPSA) is 26.3 Å². The van der Waals surface area contributed by atoms with Gasteiger partial charge in [-0.25, -0.2) is 0 Å². The van der Waals surface area contributed by atoms with E-state index in [0.717, 1.165) is 21.9 Å². The maximum Gasteiger partial charge on any atom is 0.213 e. The van der Waals surface area contributed by atoms with E-state index in [1.807, 2.05) is 6.66 Å². The first-order valence-corrected chi connectivity index (χ1v) is 8.40. The zero-order valence-electron chi connectivity index (χ0n) is 12.6. The fraction of sp³-hybridized carbons (Fsp3) is 0.294. The second-order valence-corrected chi connectivity index (χ2v) is 6.78. The molecule has 20 heavy (non-hydrogen) atoms. The molecular formula is C17H19O2P. The van der Waals surface area contributed by atoms with Crippen LogP contribution in [0.15, 0.2) is 32.7 Å². The Morgan fingerprint density at radius 2 is 1.10 bits per heavy atom. The van der Waals surface area contributed by atoms with Crippen molar-refractivity contribution in [3.63, 3.8) is 0 Å². The van der Waals surface area contributed by atoms with Gasteiger partial charge in [0.2, 0.25) is 8.01 Å². The highest BCUT2D eigenvalue weighted by molar-refractivity contribution is 7.35. The highest BCUT2D eigenvalue weighted by atomic mass is 31.1. The number of hydrogen-bond donors (Lipinski definition) is 0. The second kappa shape index (κ2) is 4.71. The van der Waals surface area contributed by atoms with Gasteiger partial charge in [-0.1, -0.05) is 12.1 Å². The minimum atomic E-state index is -0.943. The Kier molecular flexibility index (Phi) is 3.14. The molecule has 0 radical (unpaired) electrons. The van der Waals surface area contributed by atoms with Gasteiger partial charge in [0.1, 0.15) is 11.2 Å². The summed E-state index contributed by atoms with van der Waals surface area (Å²) >= 11 is 0. The van der Waals surface area contributed by atoms with E-state index in [0.29, 0.717) is 0 Å². The van der Waals surface area contributed by atoms with E-state index < -0.39 is 8.01 Å². The number of hydrogen-bond acceptors (Lipinski definition) is 2. The van der Waals surface area contributed by atoms with E-state index >= 15 is 0 Å². The predicted octanol–water partition coefficient (Wildman–Crippen LogP) is 6.06. The third-order valence-electron chi connectivity index (χ3n) is 3.57. The summed E-state index contributed by atoms with van der Waals surface area (Å²) in [6.07, 6.45) is 0. The zero-order valence-corrected chi connectivity index (χ0v) is 13.5. The van der Waals surface area contributed by atoms with Gasteiger partial charge >= 0.3 is 0 Å². The molecule has 104 valence electrons. The molecule has 1 aromatic heterocycles. The van der Waals surface area contributed by atoms with Crippen LogP contribution in [0.25, 0.3) is 21.9 Å². The van der Waals surface area contributed by atoms with Crippen molar-refractivity contribution < 1.29 is 8.39 Å². The van der Waals surface area contributed by atoms with E-state index in [9.17, 15) is 0 Å². The van der Waals surface area contributed by atoms with E-state index in [1.54, 1.807) is 0 Å². The third kappa shape index (κ3) is 2.14. The molecule has 0 aliphatic heterocycles. The van der Waals surface area contributed by atoms with Crippen LogP contribution in [0.5, 0.6) is 0 Å². The number of aryl methyl sites for hydroxylation is 5. The first kappa shape index (κ1) is 13.3. The average molecular weight is 286 g/mol. The smallest absolute Gasteiger partial charge is 0.213 e. The van der Waals surface area contributed by atoms with Crippen LogP contribution >= 0.6 is 8.01 Å². The molecule has 0 aliphatic carbocycles. The van der Waals surface area contributed by atoms with Crippen molar-refractivity contribution >= 4 is 30.0 Å². The molecule has 0 fully saturated rings. The summed E-state index contributed by atoms with van der Waals surface area (Å²) in [4.78, 5) is 0. The van der Waals surface area contributed by atoms with Crippen molar-refractivity contribution in [3.05, 3.63) is 46.5 Å². The first-order valence-electron chi connectivity index (χ1n) is 6.78. The molecule has 0 aliphatic rings. The van der Waals surface area contributed by atoms with Crippen LogP contribution in [-0.2, 0) is 6.66 Å². The standard InChI is InChI=1S/C17H19O2P/c1-10-6-12(3)16-14(8-10)15-9-11(2)7-13(4)17(15)19-20(5)18-16/h6-9H,1-5H3. The monoisotopic (exact) mass is 286 g/mol. The van der Waals surface area contributed by atoms with Crippen LogP contribution in [0.3, 0.4) is 0 Å². The molecule has 0 amide bonds. The van der Waals surface area contributed by atoms with E-state index in [4.69, 9.17) is 8.39 Å². The van der Waals surface area contributed by atoms with Crippen LogP contribution in [0.4, 0.5) is 0 Å². The Hall–Kier alpha value is -1.66. The second-order valence-electron chi connectivity index (χ2n) is 5.54. The largest absolute Gasteiger partial charge is 0.419 e. The number of fused-ring (bicyclic) bond motifs is 3. The van der Waals surface area contributed by atoms with Crippen molar-refractivity contribution in [1.29, 1.82) is 0 Å². The average Bonchev–Trinajstić information content (AvgIpc) is 2.48. The maximum atomic E-state index is 6.06. The Bertz CT molecular complexity index is 790. The molecule has 0 unspecified atom stereocenters. The lowest BCUT2D eigenvalue weighted by atomic mass is 10.0. The van der Waals surface area contributed by atoms with Crippen LogP contribution in [0.1, 0.15) is 22.3 Å². The van der Waals surface area contributed by atoms with Crippen LogP contribution in [0.2, 0.25) is 0 Å². The summed E-state index contributed by atoms with van der Waals surface area (Å²) in [5, 5.41) is 2.30. The van der Waals surface area contributed by atoms with Gasteiger partial charge in [0.25, 0.3) is 0 Å². The molecule has 3 heteroatoms. The highest BCUT2D eigenvalue weighted by Gasteiger charge is 2.09. The molecule has 0 saturated carbocycles. The van der Waals surface area contributed by atoms with E-state index in [1.165, 1.54) is 22.3 Å².